The number of hydrogen-bond acceptors (Lipinski definition) is 5. The Balaban J connectivity index is 1.96. The number of nitrogens with one attached hydrogen (secondary N) is 1. The SMILES string of the molecule is Cc1noc(C)c1CNC(=O)c1nn(C)c(=O)c2ccccc12. The summed E-state index contributed by atoms with van der Waals surface area (Å²) < 4.78 is 6.25. The zero-order chi connectivity index (χ0) is 16.6. The summed E-state index contributed by atoms with van der Waals surface area (Å²) in [6.45, 7) is 3.90. The molecular formula is C16H16N4O3. The fourth-order valence-corrected chi connectivity index (χ4v) is 2.47. The molecule has 0 unspecified atom stereocenters. The summed E-state index contributed by atoms with van der Waals surface area (Å²) in [6, 6.07) is 6.93. The third-order valence-electron chi connectivity index (χ3n) is 3.78. The van der Waals surface area contributed by atoms with E-state index in [1.54, 1.807) is 31.2 Å². The second-order valence-electron chi connectivity index (χ2n) is 5.31. The molecule has 0 saturated carbocycles. The van der Waals surface area contributed by atoms with Gasteiger partial charge >= 0.3 is 0 Å². The van der Waals surface area contributed by atoms with Crippen molar-refractivity contribution in [2.75, 3.05) is 0 Å². The molecule has 118 valence electrons. The van der Waals surface area contributed by atoms with Crippen LogP contribution < -0.4 is 10.9 Å². The van der Waals surface area contributed by atoms with E-state index in [9.17, 15) is 9.59 Å². The Hall–Kier alpha value is -2.96. The first kappa shape index (κ1) is 15.0. The molecule has 7 nitrogen and oxygen atoms in total. The van der Waals surface area contributed by atoms with Crippen LogP contribution in [0.1, 0.15) is 27.5 Å². The highest BCUT2D eigenvalue weighted by Crippen LogP contribution is 2.14. The third kappa shape index (κ3) is 2.61. The van der Waals surface area contributed by atoms with Crippen LogP contribution in [0.5, 0.6) is 0 Å². The number of carbonyl (C=O) groups is 1. The van der Waals surface area contributed by atoms with Crippen molar-refractivity contribution in [3.8, 4) is 0 Å². The van der Waals surface area contributed by atoms with Gasteiger partial charge in [-0.15, -0.1) is 0 Å². The average Bonchev–Trinajstić information content (AvgIpc) is 2.87. The first-order valence-electron chi connectivity index (χ1n) is 7.15. The van der Waals surface area contributed by atoms with Gasteiger partial charge in [-0.05, 0) is 19.9 Å². The van der Waals surface area contributed by atoms with Crippen LogP contribution in [-0.4, -0.2) is 20.8 Å². The number of amides is 1. The highest BCUT2D eigenvalue weighted by Gasteiger charge is 2.17. The third-order valence-corrected chi connectivity index (χ3v) is 3.78. The molecule has 7 heteroatoms. The summed E-state index contributed by atoms with van der Waals surface area (Å²) in [5, 5.41) is 11.8. The van der Waals surface area contributed by atoms with Gasteiger partial charge in [-0.1, -0.05) is 23.4 Å². The van der Waals surface area contributed by atoms with Crippen LogP contribution in [-0.2, 0) is 13.6 Å². The lowest BCUT2D eigenvalue weighted by Gasteiger charge is -2.08. The lowest BCUT2D eigenvalue weighted by molar-refractivity contribution is 0.0945. The van der Waals surface area contributed by atoms with Gasteiger partial charge in [0.25, 0.3) is 11.5 Å². The van der Waals surface area contributed by atoms with Crippen molar-refractivity contribution >= 4 is 16.7 Å². The minimum absolute atomic E-state index is 0.217. The van der Waals surface area contributed by atoms with E-state index in [1.807, 2.05) is 6.92 Å². The van der Waals surface area contributed by atoms with Crippen molar-refractivity contribution < 1.29 is 9.32 Å². The van der Waals surface area contributed by atoms with Crippen LogP contribution in [0.15, 0.2) is 33.6 Å². The lowest BCUT2D eigenvalue weighted by atomic mass is 10.1. The van der Waals surface area contributed by atoms with Crippen LogP contribution in [0.4, 0.5) is 0 Å². The van der Waals surface area contributed by atoms with E-state index in [2.05, 4.69) is 15.6 Å². The number of hydrogen-bond donors (Lipinski definition) is 1. The predicted molar refractivity (Wildman–Crippen MR) is 84.1 cm³/mol. The van der Waals surface area contributed by atoms with Gasteiger partial charge in [0.05, 0.1) is 11.1 Å². The fraction of sp³-hybridized carbons (Fsp3) is 0.250. The molecule has 3 aromatic rings. The molecule has 23 heavy (non-hydrogen) atoms. The quantitative estimate of drug-likeness (QED) is 0.791. The smallest absolute Gasteiger partial charge is 0.274 e. The Morgan fingerprint density at radius 3 is 2.61 bits per heavy atom. The number of benzene rings is 1. The van der Waals surface area contributed by atoms with Gasteiger partial charge < -0.3 is 9.84 Å². The molecule has 0 bridgehead atoms. The molecule has 2 heterocycles. The molecule has 2 aromatic heterocycles. The fourth-order valence-electron chi connectivity index (χ4n) is 2.47. The van der Waals surface area contributed by atoms with Crippen LogP contribution in [0, 0.1) is 13.8 Å². The maximum absolute atomic E-state index is 12.5. The Morgan fingerprint density at radius 2 is 1.96 bits per heavy atom. The molecule has 0 aliphatic rings. The van der Waals surface area contributed by atoms with Gasteiger partial charge in [0.15, 0.2) is 5.69 Å². The van der Waals surface area contributed by atoms with Crippen molar-refractivity contribution in [1.29, 1.82) is 0 Å². The summed E-state index contributed by atoms with van der Waals surface area (Å²) in [5.41, 5.74) is 1.56. The molecule has 3 rings (SSSR count). The largest absolute Gasteiger partial charge is 0.361 e. The second-order valence-corrected chi connectivity index (χ2v) is 5.31. The molecule has 0 aliphatic carbocycles. The molecule has 0 spiro atoms. The van der Waals surface area contributed by atoms with Gasteiger partial charge in [0.2, 0.25) is 0 Å². The summed E-state index contributed by atoms with van der Waals surface area (Å²) >= 11 is 0. The number of aromatic nitrogens is 3. The Labute approximate surface area is 131 Å². The normalized spacial score (nSPS) is 10.9. The van der Waals surface area contributed by atoms with E-state index in [4.69, 9.17) is 4.52 Å². The van der Waals surface area contributed by atoms with Crippen molar-refractivity contribution in [3.63, 3.8) is 0 Å². The van der Waals surface area contributed by atoms with Crippen molar-refractivity contribution in [2.24, 2.45) is 7.05 Å². The van der Waals surface area contributed by atoms with E-state index >= 15 is 0 Å². The second kappa shape index (κ2) is 5.68. The van der Waals surface area contributed by atoms with E-state index in [0.29, 0.717) is 23.1 Å². The zero-order valence-corrected chi connectivity index (χ0v) is 13.1. The maximum Gasteiger partial charge on any atom is 0.274 e. The van der Waals surface area contributed by atoms with E-state index < -0.39 is 0 Å². The number of nitrogens with zero attached hydrogens (tertiary/aromatic N) is 3. The first-order valence-corrected chi connectivity index (χ1v) is 7.15. The Bertz CT molecular complexity index is 936. The molecule has 0 aliphatic heterocycles. The molecule has 0 saturated heterocycles. The number of aryl methyl sites for hydroxylation is 3. The van der Waals surface area contributed by atoms with E-state index in [1.165, 1.54) is 11.7 Å². The Kier molecular flexibility index (Phi) is 3.69. The van der Waals surface area contributed by atoms with Gasteiger partial charge in [-0.25, -0.2) is 4.68 Å². The first-order chi connectivity index (χ1) is 11.0. The van der Waals surface area contributed by atoms with Crippen molar-refractivity contribution in [1.82, 2.24) is 20.3 Å². The van der Waals surface area contributed by atoms with E-state index in [-0.39, 0.29) is 17.2 Å². The van der Waals surface area contributed by atoms with Crippen LogP contribution in [0.3, 0.4) is 0 Å². The van der Waals surface area contributed by atoms with E-state index in [0.717, 1.165) is 11.3 Å². The monoisotopic (exact) mass is 312 g/mol. The van der Waals surface area contributed by atoms with Gasteiger partial charge in [0, 0.05) is 24.5 Å². The number of rotatable bonds is 3. The highest BCUT2D eigenvalue weighted by molar-refractivity contribution is 6.04. The van der Waals surface area contributed by atoms with Gasteiger partial charge in [-0.3, -0.25) is 9.59 Å². The highest BCUT2D eigenvalue weighted by atomic mass is 16.5. The zero-order valence-electron chi connectivity index (χ0n) is 13.1. The predicted octanol–water partition coefficient (Wildman–Crippen LogP) is 1.47. The van der Waals surface area contributed by atoms with Crippen molar-refractivity contribution in [2.45, 2.75) is 20.4 Å². The number of fused-ring (bicyclic) bond motifs is 1. The van der Waals surface area contributed by atoms with Crippen molar-refractivity contribution in [3.05, 3.63) is 57.3 Å². The molecule has 1 amide bonds. The molecule has 1 N–H and O–H groups in total. The topological polar surface area (TPSA) is 90.0 Å². The molecular weight excluding hydrogens is 296 g/mol. The lowest BCUT2D eigenvalue weighted by Crippen LogP contribution is -2.29. The standard InChI is InChI=1S/C16H16N4O3/c1-9-13(10(2)23-19-9)8-17-15(21)14-11-6-4-5-7-12(11)16(22)20(3)18-14/h4-7H,8H2,1-3H3,(H,17,21). The van der Waals surface area contributed by atoms with Crippen LogP contribution in [0.2, 0.25) is 0 Å². The molecule has 0 atom stereocenters. The number of carbonyl (C=O) groups excluding carboxylic acids is 1. The summed E-state index contributed by atoms with van der Waals surface area (Å²) in [6.07, 6.45) is 0. The summed E-state index contributed by atoms with van der Waals surface area (Å²) in [4.78, 5) is 24.6. The molecule has 0 fully saturated rings. The summed E-state index contributed by atoms with van der Waals surface area (Å²) in [7, 11) is 1.53. The molecule has 1 aromatic carbocycles. The Morgan fingerprint density at radius 1 is 1.26 bits per heavy atom. The average molecular weight is 312 g/mol. The minimum atomic E-state index is -0.350. The molecule has 0 radical (unpaired) electrons. The van der Waals surface area contributed by atoms with Crippen LogP contribution >= 0.6 is 0 Å². The van der Waals surface area contributed by atoms with Crippen LogP contribution in [0.25, 0.3) is 10.8 Å². The van der Waals surface area contributed by atoms with Gasteiger partial charge in [-0.2, -0.15) is 5.10 Å². The minimum Gasteiger partial charge on any atom is -0.361 e. The maximum atomic E-state index is 12.5. The summed E-state index contributed by atoms with van der Waals surface area (Å²) in [5.74, 6) is 0.317. The van der Waals surface area contributed by atoms with Gasteiger partial charge in [0.1, 0.15) is 5.76 Å².